The van der Waals surface area contributed by atoms with Gasteiger partial charge in [-0.2, -0.15) is 0 Å². The van der Waals surface area contributed by atoms with E-state index in [4.69, 9.17) is 4.42 Å². The standard InChI is InChI=1S/C25H21N3O3S/c29-23(27-25-26-15-20(32-25)13-17-7-2-1-3-8-17)21-14-18-9-4-5-10-19(18)16-28(21)24(30)22-11-6-12-31-22/h1-12,15,21H,13-14,16H2,(H,26,27,29)/t21-/m1/s1. The first-order valence-corrected chi connectivity index (χ1v) is 11.2. The molecule has 1 aliphatic rings. The second kappa shape index (κ2) is 8.80. The van der Waals surface area contributed by atoms with Crippen LogP contribution in [0.1, 0.15) is 32.1 Å². The first-order valence-electron chi connectivity index (χ1n) is 10.4. The molecule has 3 heterocycles. The number of nitrogens with zero attached hydrogens (tertiary/aromatic N) is 2. The number of anilines is 1. The fourth-order valence-corrected chi connectivity index (χ4v) is 4.79. The zero-order valence-corrected chi connectivity index (χ0v) is 18.0. The molecule has 32 heavy (non-hydrogen) atoms. The minimum absolute atomic E-state index is 0.224. The van der Waals surface area contributed by atoms with Crippen molar-refractivity contribution in [2.24, 2.45) is 0 Å². The number of benzene rings is 2. The molecule has 0 saturated heterocycles. The number of thiazole rings is 1. The van der Waals surface area contributed by atoms with Gasteiger partial charge in [0.05, 0.1) is 6.26 Å². The van der Waals surface area contributed by atoms with E-state index in [9.17, 15) is 9.59 Å². The molecule has 0 bridgehead atoms. The van der Waals surface area contributed by atoms with Gasteiger partial charge in [0.1, 0.15) is 6.04 Å². The van der Waals surface area contributed by atoms with Crippen LogP contribution in [0, 0.1) is 0 Å². The van der Waals surface area contributed by atoms with Crippen LogP contribution in [-0.2, 0) is 24.2 Å². The van der Waals surface area contributed by atoms with E-state index in [1.807, 2.05) is 42.5 Å². The highest BCUT2D eigenvalue weighted by molar-refractivity contribution is 7.15. The van der Waals surface area contributed by atoms with Gasteiger partial charge < -0.3 is 14.6 Å². The van der Waals surface area contributed by atoms with Crippen LogP contribution in [0.4, 0.5) is 5.13 Å². The number of hydrogen-bond donors (Lipinski definition) is 1. The molecule has 160 valence electrons. The van der Waals surface area contributed by atoms with Crippen molar-refractivity contribution in [3.05, 3.63) is 107 Å². The molecule has 0 fully saturated rings. The second-order valence-electron chi connectivity index (χ2n) is 7.68. The number of furan rings is 1. The maximum absolute atomic E-state index is 13.3. The van der Waals surface area contributed by atoms with Crippen molar-refractivity contribution in [1.29, 1.82) is 0 Å². The summed E-state index contributed by atoms with van der Waals surface area (Å²) < 4.78 is 5.31. The Hall–Kier alpha value is -3.71. The Bertz CT molecular complexity index is 1230. The monoisotopic (exact) mass is 443 g/mol. The van der Waals surface area contributed by atoms with Gasteiger partial charge in [-0.05, 0) is 28.8 Å². The third-order valence-corrected chi connectivity index (χ3v) is 6.46. The third kappa shape index (κ3) is 4.20. The molecule has 1 aliphatic heterocycles. The van der Waals surface area contributed by atoms with Crippen LogP contribution in [0.25, 0.3) is 0 Å². The molecule has 1 N–H and O–H groups in total. The first-order chi connectivity index (χ1) is 15.7. The average Bonchev–Trinajstić information content (AvgIpc) is 3.51. The first kappa shape index (κ1) is 20.2. The van der Waals surface area contributed by atoms with E-state index < -0.39 is 6.04 Å². The van der Waals surface area contributed by atoms with Crippen molar-refractivity contribution in [1.82, 2.24) is 9.88 Å². The van der Waals surface area contributed by atoms with Crippen molar-refractivity contribution >= 4 is 28.3 Å². The molecule has 7 heteroatoms. The third-order valence-electron chi connectivity index (χ3n) is 5.55. The summed E-state index contributed by atoms with van der Waals surface area (Å²) in [5.41, 5.74) is 3.30. The van der Waals surface area contributed by atoms with Gasteiger partial charge in [-0.15, -0.1) is 11.3 Å². The summed E-state index contributed by atoms with van der Waals surface area (Å²) in [4.78, 5) is 33.4. The van der Waals surface area contributed by atoms with E-state index in [1.165, 1.54) is 23.2 Å². The Kier molecular flexibility index (Phi) is 5.56. The molecule has 0 spiro atoms. The fraction of sp³-hybridized carbons (Fsp3) is 0.160. The maximum atomic E-state index is 13.3. The van der Waals surface area contributed by atoms with Crippen LogP contribution in [0.5, 0.6) is 0 Å². The normalized spacial score (nSPS) is 15.2. The summed E-state index contributed by atoms with van der Waals surface area (Å²) in [5, 5.41) is 3.46. The van der Waals surface area contributed by atoms with Gasteiger partial charge in [-0.1, -0.05) is 54.6 Å². The molecule has 4 aromatic rings. The van der Waals surface area contributed by atoms with Crippen molar-refractivity contribution in [3.8, 4) is 0 Å². The largest absolute Gasteiger partial charge is 0.459 e. The SMILES string of the molecule is O=C(Nc1ncc(Cc2ccccc2)s1)[C@H]1Cc2ccccc2CN1C(=O)c1ccco1. The zero-order valence-electron chi connectivity index (χ0n) is 17.2. The van der Waals surface area contributed by atoms with Crippen LogP contribution >= 0.6 is 11.3 Å². The number of aromatic nitrogens is 1. The van der Waals surface area contributed by atoms with E-state index in [1.54, 1.807) is 23.2 Å². The number of fused-ring (bicyclic) bond motifs is 1. The lowest BCUT2D eigenvalue weighted by molar-refractivity contribution is -0.121. The number of nitrogens with one attached hydrogen (secondary N) is 1. The number of rotatable bonds is 5. The van der Waals surface area contributed by atoms with Gasteiger partial charge in [0, 0.05) is 30.5 Å². The van der Waals surface area contributed by atoms with Crippen molar-refractivity contribution < 1.29 is 14.0 Å². The Morgan fingerprint density at radius 2 is 1.81 bits per heavy atom. The van der Waals surface area contributed by atoms with Crippen LogP contribution < -0.4 is 5.32 Å². The molecule has 0 aliphatic carbocycles. The summed E-state index contributed by atoms with van der Waals surface area (Å²) >= 11 is 1.45. The van der Waals surface area contributed by atoms with Gasteiger partial charge >= 0.3 is 0 Å². The highest BCUT2D eigenvalue weighted by atomic mass is 32.1. The minimum Gasteiger partial charge on any atom is -0.459 e. The Morgan fingerprint density at radius 3 is 2.59 bits per heavy atom. The molecule has 6 nitrogen and oxygen atoms in total. The van der Waals surface area contributed by atoms with Gasteiger partial charge in [-0.3, -0.25) is 9.59 Å². The molecule has 2 aromatic heterocycles. The van der Waals surface area contributed by atoms with E-state index >= 15 is 0 Å². The van der Waals surface area contributed by atoms with E-state index in [2.05, 4.69) is 22.4 Å². The number of hydrogen-bond acceptors (Lipinski definition) is 5. The molecule has 0 unspecified atom stereocenters. The molecular formula is C25H21N3O3S. The Morgan fingerprint density at radius 1 is 1.03 bits per heavy atom. The molecule has 0 radical (unpaired) electrons. The predicted octanol–water partition coefficient (Wildman–Crippen LogP) is 4.53. The quantitative estimate of drug-likeness (QED) is 0.492. The highest BCUT2D eigenvalue weighted by Crippen LogP contribution is 2.27. The average molecular weight is 444 g/mol. The van der Waals surface area contributed by atoms with Crippen LogP contribution in [0.3, 0.4) is 0 Å². The molecule has 1 atom stereocenters. The summed E-state index contributed by atoms with van der Waals surface area (Å²) in [5.74, 6) is -0.324. The summed E-state index contributed by atoms with van der Waals surface area (Å²) in [6, 6.07) is 20.7. The van der Waals surface area contributed by atoms with Crippen molar-refractivity contribution in [2.75, 3.05) is 5.32 Å². The van der Waals surface area contributed by atoms with E-state index in [0.717, 1.165) is 22.4 Å². The maximum Gasteiger partial charge on any atom is 0.290 e. The van der Waals surface area contributed by atoms with Crippen molar-refractivity contribution in [3.63, 3.8) is 0 Å². The number of carbonyl (C=O) groups is 2. The predicted molar refractivity (Wildman–Crippen MR) is 123 cm³/mol. The van der Waals surface area contributed by atoms with Crippen LogP contribution in [0.15, 0.2) is 83.6 Å². The molecule has 0 saturated carbocycles. The van der Waals surface area contributed by atoms with Gasteiger partial charge in [-0.25, -0.2) is 4.98 Å². The Labute approximate surface area is 189 Å². The smallest absolute Gasteiger partial charge is 0.290 e. The zero-order chi connectivity index (χ0) is 21.9. The lowest BCUT2D eigenvalue weighted by Gasteiger charge is -2.35. The van der Waals surface area contributed by atoms with Crippen LogP contribution in [-0.4, -0.2) is 27.7 Å². The Balaban J connectivity index is 1.35. The molecule has 5 rings (SSSR count). The summed E-state index contributed by atoms with van der Waals surface area (Å²) in [6.45, 7) is 0.352. The number of carbonyl (C=O) groups excluding carboxylic acids is 2. The van der Waals surface area contributed by atoms with E-state index in [0.29, 0.717) is 18.1 Å². The lowest BCUT2D eigenvalue weighted by Crippen LogP contribution is -2.50. The van der Waals surface area contributed by atoms with Gasteiger partial charge in [0.15, 0.2) is 10.9 Å². The van der Waals surface area contributed by atoms with Crippen molar-refractivity contribution in [2.45, 2.75) is 25.4 Å². The highest BCUT2D eigenvalue weighted by Gasteiger charge is 2.36. The molecule has 2 amide bonds. The minimum atomic E-state index is -0.649. The van der Waals surface area contributed by atoms with Gasteiger partial charge in [0.2, 0.25) is 5.91 Å². The topological polar surface area (TPSA) is 75.4 Å². The fourth-order valence-electron chi connectivity index (χ4n) is 3.95. The van der Waals surface area contributed by atoms with E-state index in [-0.39, 0.29) is 17.6 Å². The summed E-state index contributed by atoms with van der Waals surface area (Å²) in [6.07, 6.45) is 4.45. The lowest BCUT2D eigenvalue weighted by atomic mass is 9.93. The summed E-state index contributed by atoms with van der Waals surface area (Å²) in [7, 11) is 0. The molecular weight excluding hydrogens is 422 g/mol. The molecule has 2 aromatic carbocycles. The number of amides is 2. The van der Waals surface area contributed by atoms with Gasteiger partial charge in [0.25, 0.3) is 5.91 Å². The second-order valence-corrected chi connectivity index (χ2v) is 8.80. The van der Waals surface area contributed by atoms with Crippen LogP contribution in [0.2, 0.25) is 0 Å².